The van der Waals surface area contributed by atoms with E-state index >= 15 is 0 Å². The molecule has 0 spiro atoms. The molecule has 4 aromatic rings. The van der Waals surface area contributed by atoms with E-state index in [2.05, 4.69) is 10.3 Å². The number of aromatic amines is 1. The molecule has 0 unspecified atom stereocenters. The number of H-pyrrole nitrogens is 1. The van der Waals surface area contributed by atoms with Gasteiger partial charge in [-0.1, -0.05) is 90.5 Å². The maximum absolute atomic E-state index is 12.3. The number of nitrogens with zero attached hydrogens (tertiary/aromatic N) is 1. The van der Waals surface area contributed by atoms with Gasteiger partial charge in [-0.15, -0.1) is 0 Å². The quantitative estimate of drug-likeness (QED) is 0.336. The number of benzene rings is 3. The summed E-state index contributed by atoms with van der Waals surface area (Å²) in [4.78, 5) is 25.9. The SMILES string of the molecule is O=c1ccn([C@H]2C[C@H](O)[C@@H](CNC(c3ccccc3)(c3ccccc3)c3ccccc3Cl)O2)c(=O)[nH]1. The van der Waals surface area contributed by atoms with E-state index in [1.165, 1.54) is 16.8 Å². The van der Waals surface area contributed by atoms with Gasteiger partial charge in [-0.3, -0.25) is 19.7 Å². The highest BCUT2D eigenvalue weighted by atomic mass is 35.5. The van der Waals surface area contributed by atoms with Crippen LogP contribution in [0.15, 0.2) is 107 Å². The van der Waals surface area contributed by atoms with Gasteiger partial charge >= 0.3 is 5.69 Å². The van der Waals surface area contributed by atoms with Gasteiger partial charge in [0.1, 0.15) is 6.23 Å². The van der Waals surface area contributed by atoms with Gasteiger partial charge in [-0.2, -0.15) is 0 Å². The number of nitrogens with one attached hydrogen (secondary N) is 2. The Balaban J connectivity index is 1.53. The van der Waals surface area contributed by atoms with Gasteiger partial charge in [-0.05, 0) is 22.8 Å². The Hall–Kier alpha value is -3.49. The molecule has 0 radical (unpaired) electrons. The van der Waals surface area contributed by atoms with Gasteiger partial charge < -0.3 is 9.84 Å². The standard InChI is InChI=1S/C28H26ClN3O4/c29-22-14-8-7-13-21(22)28(19-9-3-1-4-10-19,20-11-5-2-6-12-20)30-18-24-23(33)17-26(36-24)32-16-15-25(34)31-27(32)35/h1-16,23-24,26,30,33H,17-18H2,(H,31,34,35)/t23-,24+,26+/m0/s1. The van der Waals surface area contributed by atoms with Crippen LogP contribution < -0.4 is 16.6 Å². The maximum Gasteiger partial charge on any atom is 0.330 e. The third-order valence-electron chi connectivity index (χ3n) is 6.63. The van der Waals surface area contributed by atoms with E-state index in [0.29, 0.717) is 5.02 Å². The average Bonchev–Trinajstić information content (AvgIpc) is 3.26. The van der Waals surface area contributed by atoms with E-state index < -0.39 is 35.2 Å². The lowest BCUT2D eigenvalue weighted by molar-refractivity contribution is -0.0212. The zero-order valence-electron chi connectivity index (χ0n) is 19.4. The Bertz CT molecular complexity index is 1400. The monoisotopic (exact) mass is 503 g/mol. The molecule has 3 aromatic carbocycles. The van der Waals surface area contributed by atoms with Crippen LogP contribution in [0.25, 0.3) is 0 Å². The zero-order valence-corrected chi connectivity index (χ0v) is 20.1. The van der Waals surface area contributed by atoms with Crippen molar-refractivity contribution in [1.29, 1.82) is 0 Å². The van der Waals surface area contributed by atoms with E-state index in [-0.39, 0.29) is 13.0 Å². The minimum absolute atomic E-state index is 0.216. The first-order valence-electron chi connectivity index (χ1n) is 11.7. The normalized spacial score (nSPS) is 19.9. The second-order valence-corrected chi connectivity index (χ2v) is 9.20. The first-order chi connectivity index (χ1) is 17.5. The van der Waals surface area contributed by atoms with Crippen LogP contribution in [0.5, 0.6) is 0 Å². The number of aliphatic hydroxyl groups excluding tert-OH is 1. The van der Waals surface area contributed by atoms with Crippen molar-refractivity contribution < 1.29 is 9.84 Å². The van der Waals surface area contributed by atoms with Crippen LogP contribution in [-0.2, 0) is 10.3 Å². The summed E-state index contributed by atoms with van der Waals surface area (Å²) >= 11 is 6.78. The first-order valence-corrected chi connectivity index (χ1v) is 12.1. The summed E-state index contributed by atoms with van der Waals surface area (Å²) in [5, 5.41) is 15.1. The van der Waals surface area contributed by atoms with Gasteiger partial charge in [0.05, 0.1) is 17.7 Å². The molecule has 1 saturated heterocycles. The van der Waals surface area contributed by atoms with Crippen molar-refractivity contribution in [2.75, 3.05) is 6.54 Å². The summed E-state index contributed by atoms with van der Waals surface area (Å²) in [5.74, 6) is 0. The van der Waals surface area contributed by atoms with E-state index in [1.807, 2.05) is 84.9 Å². The topological polar surface area (TPSA) is 96.3 Å². The lowest BCUT2D eigenvalue weighted by Crippen LogP contribution is -2.49. The molecule has 0 aliphatic carbocycles. The molecule has 36 heavy (non-hydrogen) atoms. The third-order valence-corrected chi connectivity index (χ3v) is 6.96. The predicted octanol–water partition coefficient (Wildman–Crippen LogP) is 3.42. The summed E-state index contributed by atoms with van der Waals surface area (Å²) < 4.78 is 7.40. The largest absolute Gasteiger partial charge is 0.390 e. The molecule has 5 rings (SSSR count). The molecular formula is C28H26ClN3O4. The highest BCUT2D eigenvalue weighted by molar-refractivity contribution is 6.31. The van der Waals surface area contributed by atoms with Crippen LogP contribution in [-0.4, -0.2) is 33.4 Å². The molecule has 2 heterocycles. The van der Waals surface area contributed by atoms with Crippen molar-refractivity contribution in [3.8, 4) is 0 Å². The molecular weight excluding hydrogens is 478 g/mol. The number of hydrogen-bond acceptors (Lipinski definition) is 5. The molecule has 3 atom stereocenters. The molecule has 3 N–H and O–H groups in total. The predicted molar refractivity (Wildman–Crippen MR) is 138 cm³/mol. The number of ether oxygens (including phenoxy) is 1. The molecule has 184 valence electrons. The highest BCUT2D eigenvalue weighted by Crippen LogP contribution is 2.40. The summed E-state index contributed by atoms with van der Waals surface area (Å²) in [6.45, 7) is 0.269. The zero-order chi connectivity index (χ0) is 25.1. The fourth-order valence-electron chi connectivity index (χ4n) is 4.90. The smallest absolute Gasteiger partial charge is 0.330 e. The van der Waals surface area contributed by atoms with Crippen molar-refractivity contribution in [3.63, 3.8) is 0 Å². The number of halogens is 1. The van der Waals surface area contributed by atoms with Crippen LogP contribution in [0.1, 0.15) is 29.3 Å². The second-order valence-electron chi connectivity index (χ2n) is 8.79. The second kappa shape index (κ2) is 10.2. The van der Waals surface area contributed by atoms with Crippen LogP contribution in [0, 0.1) is 0 Å². The summed E-state index contributed by atoms with van der Waals surface area (Å²) in [7, 11) is 0. The van der Waals surface area contributed by atoms with Gasteiger partial charge in [0.15, 0.2) is 0 Å². The molecule has 1 aliphatic rings. The molecule has 1 fully saturated rings. The van der Waals surface area contributed by atoms with Gasteiger partial charge in [0, 0.05) is 30.3 Å². The van der Waals surface area contributed by atoms with Crippen molar-refractivity contribution in [3.05, 3.63) is 140 Å². The minimum Gasteiger partial charge on any atom is -0.390 e. The van der Waals surface area contributed by atoms with Crippen LogP contribution in [0.2, 0.25) is 5.02 Å². The molecule has 0 amide bonds. The highest BCUT2D eigenvalue weighted by Gasteiger charge is 2.41. The van der Waals surface area contributed by atoms with Crippen LogP contribution in [0.3, 0.4) is 0 Å². The Kier molecular flexibility index (Phi) is 6.89. The van der Waals surface area contributed by atoms with Gasteiger partial charge in [-0.25, -0.2) is 4.79 Å². The van der Waals surface area contributed by atoms with Crippen molar-refractivity contribution in [2.24, 2.45) is 0 Å². The van der Waals surface area contributed by atoms with Gasteiger partial charge in [0.2, 0.25) is 0 Å². The number of hydrogen-bond donors (Lipinski definition) is 3. The minimum atomic E-state index is -0.836. The first kappa shape index (κ1) is 24.2. The van der Waals surface area contributed by atoms with Crippen molar-refractivity contribution >= 4 is 11.6 Å². The number of aliphatic hydroxyl groups is 1. The number of aromatic nitrogens is 2. The summed E-state index contributed by atoms with van der Waals surface area (Å²) in [6, 6.07) is 28.9. The fraction of sp³-hybridized carbons (Fsp3) is 0.214. The Labute approximate surface area is 213 Å². The summed E-state index contributed by atoms with van der Waals surface area (Å²) in [5.41, 5.74) is 0.924. The molecule has 8 heteroatoms. The molecule has 7 nitrogen and oxygen atoms in total. The van der Waals surface area contributed by atoms with E-state index in [4.69, 9.17) is 16.3 Å². The lowest BCUT2D eigenvalue weighted by atomic mass is 9.76. The van der Waals surface area contributed by atoms with Gasteiger partial charge in [0.25, 0.3) is 5.56 Å². The fourth-order valence-corrected chi connectivity index (χ4v) is 5.17. The molecule has 1 aromatic heterocycles. The maximum atomic E-state index is 12.3. The third kappa shape index (κ3) is 4.54. The van der Waals surface area contributed by atoms with E-state index in [1.54, 1.807) is 0 Å². The lowest BCUT2D eigenvalue weighted by Gasteiger charge is -2.38. The Morgan fingerprint density at radius 1 is 0.944 bits per heavy atom. The summed E-state index contributed by atoms with van der Waals surface area (Å²) in [6.07, 6.45) is -0.524. The van der Waals surface area contributed by atoms with E-state index in [9.17, 15) is 14.7 Å². The van der Waals surface area contributed by atoms with Crippen LogP contribution >= 0.6 is 11.6 Å². The Morgan fingerprint density at radius 3 is 2.17 bits per heavy atom. The van der Waals surface area contributed by atoms with Crippen molar-refractivity contribution in [2.45, 2.75) is 30.4 Å². The molecule has 1 aliphatic heterocycles. The molecule has 0 bridgehead atoms. The average molecular weight is 504 g/mol. The Morgan fingerprint density at radius 2 is 1.56 bits per heavy atom. The van der Waals surface area contributed by atoms with Crippen molar-refractivity contribution in [1.82, 2.24) is 14.9 Å². The van der Waals surface area contributed by atoms with Crippen LogP contribution in [0.4, 0.5) is 0 Å². The molecule has 0 saturated carbocycles. The van der Waals surface area contributed by atoms with E-state index in [0.717, 1.165) is 16.7 Å². The number of rotatable bonds is 7.